The summed E-state index contributed by atoms with van der Waals surface area (Å²) < 4.78 is 0. The third kappa shape index (κ3) is 3.05. The van der Waals surface area contributed by atoms with Crippen molar-refractivity contribution >= 4 is 11.3 Å². The molecule has 1 aliphatic rings. The Kier molecular flexibility index (Phi) is 4.43. The Morgan fingerprint density at radius 1 is 1.33 bits per heavy atom. The van der Waals surface area contributed by atoms with E-state index >= 15 is 0 Å². The zero-order valence-electron chi connectivity index (χ0n) is 12.9. The molecule has 2 nitrogen and oxygen atoms in total. The van der Waals surface area contributed by atoms with Gasteiger partial charge in [0.2, 0.25) is 0 Å². The zero-order valence-corrected chi connectivity index (χ0v) is 13.7. The molecule has 2 unspecified atom stereocenters. The fourth-order valence-electron chi connectivity index (χ4n) is 3.31. The zero-order chi connectivity index (χ0) is 14.8. The lowest BCUT2D eigenvalue weighted by atomic mass is 9.93. The van der Waals surface area contributed by atoms with Crippen LogP contribution in [0.2, 0.25) is 0 Å². The number of rotatable bonds is 4. The molecule has 0 aliphatic carbocycles. The quantitative estimate of drug-likeness (QED) is 0.928. The van der Waals surface area contributed by atoms with Crippen LogP contribution >= 0.6 is 11.3 Å². The van der Waals surface area contributed by atoms with Crippen molar-refractivity contribution in [2.24, 2.45) is 5.73 Å². The molecule has 0 saturated heterocycles. The molecular weight excluding hydrogens is 276 g/mol. The van der Waals surface area contributed by atoms with Crippen LogP contribution in [0.25, 0.3) is 0 Å². The van der Waals surface area contributed by atoms with E-state index in [1.54, 1.807) is 4.88 Å². The summed E-state index contributed by atoms with van der Waals surface area (Å²) in [5.41, 5.74) is 10.7. The van der Waals surface area contributed by atoms with Crippen molar-refractivity contribution in [3.63, 3.8) is 0 Å². The van der Waals surface area contributed by atoms with Crippen LogP contribution in [0.1, 0.15) is 41.0 Å². The van der Waals surface area contributed by atoms with Gasteiger partial charge in [0.25, 0.3) is 0 Å². The van der Waals surface area contributed by atoms with Crippen LogP contribution in [0.4, 0.5) is 0 Å². The number of aryl methyl sites for hydroxylation is 1. The summed E-state index contributed by atoms with van der Waals surface area (Å²) in [6.07, 6.45) is 2.16. The normalized spacial score (nSPS) is 18.2. The van der Waals surface area contributed by atoms with Gasteiger partial charge < -0.3 is 5.73 Å². The van der Waals surface area contributed by atoms with Crippen LogP contribution < -0.4 is 5.73 Å². The molecule has 3 rings (SSSR count). The molecule has 2 aromatic rings. The van der Waals surface area contributed by atoms with Gasteiger partial charge in [-0.3, -0.25) is 4.90 Å². The lowest BCUT2D eigenvalue weighted by Gasteiger charge is -2.38. The van der Waals surface area contributed by atoms with Gasteiger partial charge in [-0.25, -0.2) is 0 Å². The molecule has 1 aromatic heterocycles. The Labute approximate surface area is 131 Å². The standard InChI is InChI=1S/C18H24N2S/c1-3-16(19)18(14-6-4-5-13(2)11-14)20-9-7-17-15(12-20)8-10-21-17/h4-6,8,10-11,16,18H,3,7,9,12,19H2,1-2H3. The van der Waals surface area contributed by atoms with Crippen molar-refractivity contribution in [1.29, 1.82) is 0 Å². The molecule has 0 fully saturated rings. The van der Waals surface area contributed by atoms with Gasteiger partial charge in [0.1, 0.15) is 0 Å². The van der Waals surface area contributed by atoms with Gasteiger partial charge in [0, 0.05) is 24.0 Å². The van der Waals surface area contributed by atoms with Gasteiger partial charge in [-0.2, -0.15) is 0 Å². The minimum atomic E-state index is 0.187. The average molecular weight is 300 g/mol. The molecule has 2 atom stereocenters. The van der Waals surface area contributed by atoms with E-state index in [1.807, 2.05) is 11.3 Å². The second kappa shape index (κ2) is 6.30. The van der Waals surface area contributed by atoms with E-state index in [2.05, 4.69) is 54.5 Å². The lowest BCUT2D eigenvalue weighted by Crippen LogP contribution is -2.43. The van der Waals surface area contributed by atoms with E-state index < -0.39 is 0 Å². The second-order valence-corrected chi connectivity index (χ2v) is 7.02. The maximum Gasteiger partial charge on any atom is 0.0502 e. The second-order valence-electron chi connectivity index (χ2n) is 6.02. The largest absolute Gasteiger partial charge is 0.326 e. The molecule has 3 heteroatoms. The molecule has 2 N–H and O–H groups in total. The molecule has 2 heterocycles. The predicted molar refractivity (Wildman–Crippen MR) is 90.6 cm³/mol. The van der Waals surface area contributed by atoms with Crippen LogP contribution in [-0.4, -0.2) is 17.5 Å². The van der Waals surface area contributed by atoms with Crippen molar-refractivity contribution < 1.29 is 0 Å². The number of hydrogen-bond acceptors (Lipinski definition) is 3. The van der Waals surface area contributed by atoms with Crippen molar-refractivity contribution in [3.05, 3.63) is 57.3 Å². The SMILES string of the molecule is CCC(N)C(c1cccc(C)c1)N1CCc2sccc2C1. The van der Waals surface area contributed by atoms with Crippen molar-refractivity contribution in [2.75, 3.05) is 6.54 Å². The number of fused-ring (bicyclic) bond motifs is 1. The highest BCUT2D eigenvalue weighted by molar-refractivity contribution is 7.10. The summed E-state index contributed by atoms with van der Waals surface area (Å²) in [6.45, 7) is 6.49. The van der Waals surface area contributed by atoms with Gasteiger partial charge in [0.05, 0.1) is 6.04 Å². The maximum absolute atomic E-state index is 6.49. The monoisotopic (exact) mass is 300 g/mol. The Morgan fingerprint density at radius 3 is 2.95 bits per heavy atom. The highest BCUT2D eigenvalue weighted by Gasteiger charge is 2.29. The van der Waals surface area contributed by atoms with E-state index in [9.17, 15) is 0 Å². The summed E-state index contributed by atoms with van der Waals surface area (Å²) in [5.74, 6) is 0. The number of nitrogens with zero attached hydrogens (tertiary/aromatic N) is 1. The molecule has 1 aromatic carbocycles. The fourth-order valence-corrected chi connectivity index (χ4v) is 4.20. The van der Waals surface area contributed by atoms with Gasteiger partial charge in [-0.1, -0.05) is 36.8 Å². The number of benzene rings is 1. The van der Waals surface area contributed by atoms with E-state index in [-0.39, 0.29) is 6.04 Å². The highest BCUT2D eigenvalue weighted by atomic mass is 32.1. The first kappa shape index (κ1) is 14.8. The minimum absolute atomic E-state index is 0.187. The summed E-state index contributed by atoms with van der Waals surface area (Å²) >= 11 is 1.89. The predicted octanol–water partition coefficient (Wildman–Crippen LogP) is 3.89. The summed E-state index contributed by atoms with van der Waals surface area (Å²) in [6, 6.07) is 11.6. The first-order valence-electron chi connectivity index (χ1n) is 7.80. The third-order valence-corrected chi connectivity index (χ3v) is 5.51. The van der Waals surface area contributed by atoms with Gasteiger partial charge in [0.15, 0.2) is 0 Å². The van der Waals surface area contributed by atoms with Crippen molar-refractivity contribution in [1.82, 2.24) is 4.90 Å². The van der Waals surface area contributed by atoms with E-state index in [1.165, 1.54) is 16.7 Å². The first-order valence-corrected chi connectivity index (χ1v) is 8.68. The smallest absolute Gasteiger partial charge is 0.0502 e. The Hall–Kier alpha value is -1.16. The molecule has 21 heavy (non-hydrogen) atoms. The third-order valence-electron chi connectivity index (χ3n) is 4.49. The van der Waals surface area contributed by atoms with Gasteiger partial charge in [-0.05, 0) is 42.3 Å². The summed E-state index contributed by atoms with van der Waals surface area (Å²) in [7, 11) is 0. The van der Waals surface area contributed by atoms with Crippen LogP contribution in [-0.2, 0) is 13.0 Å². The molecule has 0 amide bonds. The molecule has 1 aliphatic heterocycles. The molecule has 0 radical (unpaired) electrons. The minimum Gasteiger partial charge on any atom is -0.326 e. The molecule has 0 saturated carbocycles. The Balaban J connectivity index is 1.90. The summed E-state index contributed by atoms with van der Waals surface area (Å²) in [4.78, 5) is 4.12. The van der Waals surface area contributed by atoms with Crippen LogP contribution in [0.5, 0.6) is 0 Å². The topological polar surface area (TPSA) is 29.3 Å². The number of nitrogens with two attached hydrogens (primary N) is 1. The van der Waals surface area contributed by atoms with Gasteiger partial charge in [-0.15, -0.1) is 11.3 Å². The average Bonchev–Trinajstić information content (AvgIpc) is 2.95. The van der Waals surface area contributed by atoms with Crippen LogP contribution in [0.3, 0.4) is 0 Å². The molecular formula is C18H24N2S. The van der Waals surface area contributed by atoms with E-state index in [0.717, 1.165) is 25.9 Å². The molecule has 0 spiro atoms. The lowest BCUT2D eigenvalue weighted by molar-refractivity contribution is 0.154. The summed E-state index contributed by atoms with van der Waals surface area (Å²) in [5, 5.41) is 2.22. The molecule has 0 bridgehead atoms. The Bertz CT molecular complexity index is 605. The van der Waals surface area contributed by atoms with E-state index in [4.69, 9.17) is 5.73 Å². The highest BCUT2D eigenvalue weighted by Crippen LogP contribution is 2.32. The number of thiophene rings is 1. The van der Waals surface area contributed by atoms with Crippen LogP contribution in [0, 0.1) is 6.92 Å². The molecule has 112 valence electrons. The fraction of sp³-hybridized carbons (Fsp3) is 0.444. The van der Waals surface area contributed by atoms with Gasteiger partial charge >= 0.3 is 0 Å². The number of hydrogen-bond donors (Lipinski definition) is 1. The van der Waals surface area contributed by atoms with Crippen molar-refractivity contribution in [2.45, 2.75) is 45.3 Å². The Morgan fingerprint density at radius 2 is 2.19 bits per heavy atom. The first-order chi connectivity index (χ1) is 10.2. The van der Waals surface area contributed by atoms with Crippen molar-refractivity contribution in [3.8, 4) is 0 Å². The maximum atomic E-state index is 6.49. The van der Waals surface area contributed by atoms with Crippen LogP contribution in [0.15, 0.2) is 35.7 Å². The van der Waals surface area contributed by atoms with E-state index in [0.29, 0.717) is 6.04 Å².